The second kappa shape index (κ2) is 3.95. The molecule has 1 aromatic carbocycles. The molecular formula is C13H15F4N. The highest BCUT2D eigenvalue weighted by atomic mass is 19.4. The third-order valence-electron chi connectivity index (χ3n) is 3.91. The van der Waals surface area contributed by atoms with Gasteiger partial charge < -0.3 is 5.73 Å². The van der Waals surface area contributed by atoms with Gasteiger partial charge in [-0.2, -0.15) is 13.2 Å². The lowest BCUT2D eigenvalue weighted by atomic mass is 10.0. The minimum atomic E-state index is -4.52. The zero-order valence-corrected chi connectivity index (χ0v) is 10.2. The Morgan fingerprint density at radius 2 is 1.83 bits per heavy atom. The molecule has 1 aliphatic rings. The first-order valence-corrected chi connectivity index (χ1v) is 5.75. The van der Waals surface area contributed by atoms with E-state index in [-0.39, 0.29) is 17.3 Å². The van der Waals surface area contributed by atoms with E-state index in [4.69, 9.17) is 5.73 Å². The van der Waals surface area contributed by atoms with Gasteiger partial charge in [-0.1, -0.05) is 13.8 Å². The molecular weight excluding hydrogens is 246 g/mol. The summed E-state index contributed by atoms with van der Waals surface area (Å²) in [5.41, 5.74) is 4.88. The number of alkyl halides is 3. The van der Waals surface area contributed by atoms with Gasteiger partial charge >= 0.3 is 6.18 Å². The largest absolute Gasteiger partial charge is 0.416 e. The minimum Gasteiger partial charge on any atom is -0.330 e. The number of halogens is 4. The lowest BCUT2D eigenvalue weighted by Gasteiger charge is -2.10. The normalized spacial score (nSPS) is 26.2. The molecule has 0 spiro atoms. The molecule has 18 heavy (non-hydrogen) atoms. The van der Waals surface area contributed by atoms with Gasteiger partial charge in [0.2, 0.25) is 0 Å². The van der Waals surface area contributed by atoms with E-state index >= 15 is 0 Å². The van der Waals surface area contributed by atoms with Gasteiger partial charge in [-0.05, 0) is 47.6 Å². The predicted molar refractivity (Wildman–Crippen MR) is 60.5 cm³/mol. The van der Waals surface area contributed by atoms with Gasteiger partial charge in [-0.15, -0.1) is 0 Å². The topological polar surface area (TPSA) is 26.0 Å². The monoisotopic (exact) mass is 261 g/mol. The van der Waals surface area contributed by atoms with Crippen LogP contribution in [0.5, 0.6) is 0 Å². The van der Waals surface area contributed by atoms with Gasteiger partial charge in [0.25, 0.3) is 0 Å². The summed E-state index contributed by atoms with van der Waals surface area (Å²) in [5.74, 6) is -0.835. The maximum absolute atomic E-state index is 13.3. The highest BCUT2D eigenvalue weighted by Crippen LogP contribution is 2.64. The summed E-state index contributed by atoms with van der Waals surface area (Å²) in [4.78, 5) is 0. The quantitative estimate of drug-likeness (QED) is 0.809. The van der Waals surface area contributed by atoms with Gasteiger partial charge in [0.15, 0.2) is 0 Å². The van der Waals surface area contributed by atoms with E-state index in [0.29, 0.717) is 18.2 Å². The molecule has 0 bridgehead atoms. The van der Waals surface area contributed by atoms with E-state index in [0.717, 1.165) is 6.07 Å². The number of rotatable bonds is 2. The molecule has 2 atom stereocenters. The van der Waals surface area contributed by atoms with Crippen LogP contribution in [-0.2, 0) is 6.18 Å². The molecule has 1 aliphatic carbocycles. The highest BCUT2D eigenvalue weighted by molar-refractivity contribution is 5.36. The van der Waals surface area contributed by atoms with Gasteiger partial charge in [0.1, 0.15) is 5.82 Å². The predicted octanol–water partition coefficient (Wildman–Crippen LogP) is 3.54. The van der Waals surface area contributed by atoms with Crippen LogP contribution in [-0.4, -0.2) is 6.54 Å². The van der Waals surface area contributed by atoms with Crippen molar-refractivity contribution in [2.24, 2.45) is 17.1 Å². The summed E-state index contributed by atoms with van der Waals surface area (Å²) < 4.78 is 51.1. The smallest absolute Gasteiger partial charge is 0.330 e. The molecule has 1 aromatic rings. The molecule has 0 saturated heterocycles. The van der Waals surface area contributed by atoms with Crippen LogP contribution in [0.2, 0.25) is 0 Å². The Bertz CT molecular complexity index is 465. The van der Waals surface area contributed by atoms with Gasteiger partial charge in [-0.3, -0.25) is 0 Å². The second-order valence-corrected chi connectivity index (χ2v) is 5.41. The van der Waals surface area contributed by atoms with Crippen molar-refractivity contribution < 1.29 is 17.6 Å². The molecule has 0 amide bonds. The van der Waals surface area contributed by atoms with E-state index in [1.165, 1.54) is 6.07 Å². The average molecular weight is 261 g/mol. The van der Waals surface area contributed by atoms with Crippen LogP contribution in [0, 0.1) is 17.2 Å². The van der Waals surface area contributed by atoms with Gasteiger partial charge in [-0.25, -0.2) is 4.39 Å². The van der Waals surface area contributed by atoms with Crippen LogP contribution in [0.4, 0.5) is 17.6 Å². The summed E-state index contributed by atoms with van der Waals surface area (Å²) in [6.07, 6.45) is -4.52. The first kappa shape index (κ1) is 13.3. The van der Waals surface area contributed by atoms with Crippen molar-refractivity contribution in [2.75, 3.05) is 6.54 Å². The Kier molecular flexibility index (Phi) is 2.93. The second-order valence-electron chi connectivity index (χ2n) is 5.41. The van der Waals surface area contributed by atoms with E-state index in [1.807, 2.05) is 13.8 Å². The average Bonchev–Trinajstić information content (AvgIpc) is 2.78. The number of hydrogen-bond acceptors (Lipinski definition) is 1. The third kappa shape index (κ3) is 2.11. The standard InChI is InChI=1S/C13H15F4N/c1-12(2)10(6-18)11(12)7-3-8(13(15,16)17)5-9(14)4-7/h3-5,10-11H,6,18H2,1-2H3/t10-,11-/m0/s1. The molecule has 0 aliphatic heterocycles. The SMILES string of the molecule is CC1(C)[C@@H](CN)[C@@H]1c1cc(F)cc(C(F)(F)F)c1. The first-order valence-electron chi connectivity index (χ1n) is 5.75. The third-order valence-corrected chi connectivity index (χ3v) is 3.91. The first-order chi connectivity index (χ1) is 8.17. The summed E-state index contributed by atoms with van der Waals surface area (Å²) in [7, 11) is 0. The van der Waals surface area contributed by atoms with E-state index in [9.17, 15) is 17.6 Å². The zero-order chi connectivity index (χ0) is 13.7. The fraction of sp³-hybridized carbons (Fsp3) is 0.538. The Labute approximate surface area is 103 Å². The summed E-state index contributed by atoms with van der Waals surface area (Å²) >= 11 is 0. The molecule has 1 saturated carbocycles. The fourth-order valence-corrected chi connectivity index (χ4v) is 2.80. The maximum Gasteiger partial charge on any atom is 0.416 e. The van der Waals surface area contributed by atoms with E-state index in [1.54, 1.807) is 0 Å². The molecule has 2 rings (SSSR count). The Morgan fingerprint density at radius 3 is 2.28 bits per heavy atom. The molecule has 2 N–H and O–H groups in total. The van der Waals surface area contributed by atoms with Gasteiger partial charge in [0.05, 0.1) is 5.56 Å². The molecule has 0 radical (unpaired) electrons. The van der Waals surface area contributed by atoms with Crippen molar-refractivity contribution in [1.82, 2.24) is 0 Å². The zero-order valence-electron chi connectivity index (χ0n) is 10.2. The molecule has 0 unspecified atom stereocenters. The van der Waals surface area contributed by atoms with Gasteiger partial charge in [0, 0.05) is 0 Å². The van der Waals surface area contributed by atoms with Crippen molar-refractivity contribution in [2.45, 2.75) is 25.9 Å². The lowest BCUT2D eigenvalue weighted by Crippen LogP contribution is -2.07. The number of hydrogen-bond donors (Lipinski definition) is 1. The van der Waals surface area contributed by atoms with E-state index < -0.39 is 17.6 Å². The Balaban J connectivity index is 2.39. The van der Waals surface area contributed by atoms with Crippen LogP contribution in [0.25, 0.3) is 0 Å². The summed E-state index contributed by atoms with van der Waals surface area (Å²) in [5, 5.41) is 0. The van der Waals surface area contributed by atoms with Crippen LogP contribution < -0.4 is 5.73 Å². The lowest BCUT2D eigenvalue weighted by molar-refractivity contribution is -0.137. The van der Waals surface area contributed by atoms with Crippen LogP contribution in [0.15, 0.2) is 18.2 Å². The Hall–Kier alpha value is -1.10. The number of benzene rings is 1. The van der Waals surface area contributed by atoms with Crippen molar-refractivity contribution in [3.8, 4) is 0 Å². The summed E-state index contributed by atoms with van der Waals surface area (Å²) in [6, 6.07) is 2.73. The Morgan fingerprint density at radius 1 is 1.22 bits per heavy atom. The molecule has 1 fully saturated rings. The van der Waals surface area contributed by atoms with Crippen molar-refractivity contribution in [3.63, 3.8) is 0 Å². The molecule has 1 nitrogen and oxygen atoms in total. The molecule has 5 heteroatoms. The van der Waals surface area contributed by atoms with Crippen LogP contribution in [0.3, 0.4) is 0 Å². The fourth-order valence-electron chi connectivity index (χ4n) is 2.80. The maximum atomic E-state index is 13.3. The molecule has 0 heterocycles. The summed E-state index contributed by atoms with van der Waals surface area (Å²) in [6.45, 7) is 4.27. The van der Waals surface area contributed by atoms with Crippen LogP contribution >= 0.6 is 0 Å². The molecule has 0 aromatic heterocycles. The van der Waals surface area contributed by atoms with E-state index in [2.05, 4.69) is 0 Å². The highest BCUT2D eigenvalue weighted by Gasteiger charge is 2.57. The number of nitrogens with two attached hydrogens (primary N) is 1. The molecule has 100 valence electrons. The van der Waals surface area contributed by atoms with Crippen LogP contribution in [0.1, 0.15) is 30.9 Å². The van der Waals surface area contributed by atoms with Crippen molar-refractivity contribution in [1.29, 1.82) is 0 Å². The van der Waals surface area contributed by atoms with Crippen molar-refractivity contribution in [3.05, 3.63) is 35.1 Å². The van der Waals surface area contributed by atoms with Crippen molar-refractivity contribution >= 4 is 0 Å². The minimum absolute atomic E-state index is 0.0979.